The first kappa shape index (κ1) is 24.8. The monoisotopic (exact) mass is 499 g/mol. The van der Waals surface area contributed by atoms with E-state index >= 15 is 0 Å². The third-order valence-electron chi connectivity index (χ3n) is 7.10. The van der Waals surface area contributed by atoms with Gasteiger partial charge in [-0.15, -0.1) is 0 Å². The Morgan fingerprint density at radius 2 is 1.75 bits per heavy atom. The first-order valence-electron chi connectivity index (χ1n) is 13.6. The normalized spacial score (nSPS) is 19.1. The molecular weight excluding hydrogens is 460 g/mol. The van der Waals surface area contributed by atoms with Crippen LogP contribution in [0.3, 0.4) is 0 Å². The van der Waals surface area contributed by atoms with Crippen LogP contribution in [-0.2, 0) is 6.54 Å². The van der Waals surface area contributed by atoms with Crippen molar-refractivity contribution in [2.75, 3.05) is 11.4 Å². The molecule has 0 fully saturated rings. The number of nitrogens with zero attached hydrogens (tertiary/aromatic N) is 2. The number of hydrogen-bond acceptors (Lipinski definition) is 3. The number of ether oxygens (including phenoxy) is 1. The highest BCUT2D eigenvalue weighted by Crippen LogP contribution is 2.43. The standard InChI is InChI=1S/C32H39N2OS/c1-5-7-17-33-26-13-9-11-15-28(26)35-30(33)20-24-19-25(23-32(3,4)22-24)21-31-34(18-8-6-2)27-14-10-12-16-29(27)36-31/h9-16,19-21H,5-8,17-18,22-23H2,1-4H3/q+1. The lowest BCUT2D eigenvalue weighted by atomic mass is 9.75. The first-order valence-corrected chi connectivity index (χ1v) is 14.4. The summed E-state index contributed by atoms with van der Waals surface area (Å²) >= 11 is 1.91. The maximum atomic E-state index is 6.37. The molecule has 1 aliphatic carbocycles. The number of fused-ring (bicyclic) bond motifs is 2. The molecule has 2 heterocycles. The molecule has 0 radical (unpaired) electrons. The van der Waals surface area contributed by atoms with Gasteiger partial charge in [0.1, 0.15) is 4.70 Å². The van der Waals surface area contributed by atoms with E-state index in [1.807, 2.05) is 11.3 Å². The van der Waals surface area contributed by atoms with Crippen LogP contribution in [0.5, 0.6) is 5.75 Å². The van der Waals surface area contributed by atoms with Crippen LogP contribution < -0.4 is 14.2 Å². The molecule has 3 nitrogen and oxygen atoms in total. The molecule has 0 bridgehead atoms. The Morgan fingerprint density at radius 3 is 2.58 bits per heavy atom. The van der Waals surface area contributed by atoms with Crippen LogP contribution in [0.2, 0.25) is 0 Å². The minimum atomic E-state index is 0.206. The molecule has 2 aromatic carbocycles. The van der Waals surface area contributed by atoms with Gasteiger partial charge in [0.05, 0.1) is 5.69 Å². The van der Waals surface area contributed by atoms with Gasteiger partial charge in [-0.2, -0.15) is 4.57 Å². The zero-order chi connectivity index (χ0) is 25.1. The summed E-state index contributed by atoms with van der Waals surface area (Å²) in [5, 5.41) is 1.36. The molecule has 0 amide bonds. The fourth-order valence-electron chi connectivity index (χ4n) is 5.42. The summed E-state index contributed by atoms with van der Waals surface area (Å²) in [4.78, 5) is 2.36. The number of aryl methyl sites for hydroxylation is 1. The maximum Gasteiger partial charge on any atom is 0.263 e. The van der Waals surface area contributed by atoms with Gasteiger partial charge >= 0.3 is 0 Å². The molecule has 1 aliphatic heterocycles. The van der Waals surface area contributed by atoms with E-state index in [0.717, 1.165) is 44.0 Å². The molecule has 5 rings (SSSR count). The van der Waals surface area contributed by atoms with Crippen LogP contribution in [-0.4, -0.2) is 6.54 Å². The Morgan fingerprint density at radius 1 is 0.972 bits per heavy atom. The molecule has 3 aromatic rings. The number of unbranched alkanes of at least 4 members (excludes halogenated alkanes) is 2. The molecular formula is C32H39N2OS+. The van der Waals surface area contributed by atoms with Crippen molar-refractivity contribution < 1.29 is 9.30 Å². The van der Waals surface area contributed by atoms with Crippen LogP contribution in [0.1, 0.15) is 71.2 Å². The lowest BCUT2D eigenvalue weighted by Crippen LogP contribution is -2.35. The second-order valence-corrected chi connectivity index (χ2v) is 12.0. The molecule has 188 valence electrons. The molecule has 2 aliphatic rings. The van der Waals surface area contributed by atoms with Gasteiger partial charge in [0, 0.05) is 31.2 Å². The Bertz CT molecular complexity index is 1330. The lowest BCUT2D eigenvalue weighted by molar-refractivity contribution is -0.669. The predicted molar refractivity (Wildman–Crippen MR) is 153 cm³/mol. The molecule has 36 heavy (non-hydrogen) atoms. The second kappa shape index (κ2) is 10.6. The minimum Gasteiger partial charge on any atom is -0.439 e. The molecule has 1 aromatic heterocycles. The summed E-state index contributed by atoms with van der Waals surface area (Å²) in [6.07, 6.45) is 14.0. The third kappa shape index (κ3) is 5.29. The van der Waals surface area contributed by atoms with Gasteiger partial charge in [-0.25, -0.2) is 0 Å². The first-order chi connectivity index (χ1) is 17.5. The van der Waals surface area contributed by atoms with Crippen molar-refractivity contribution in [3.05, 3.63) is 82.7 Å². The highest BCUT2D eigenvalue weighted by atomic mass is 32.1. The maximum absolute atomic E-state index is 6.37. The van der Waals surface area contributed by atoms with Gasteiger partial charge in [0.2, 0.25) is 11.4 Å². The Kier molecular flexibility index (Phi) is 7.34. The van der Waals surface area contributed by atoms with E-state index in [0.29, 0.717) is 0 Å². The van der Waals surface area contributed by atoms with Gasteiger partial charge < -0.3 is 9.64 Å². The predicted octanol–water partition coefficient (Wildman–Crippen LogP) is 8.66. The number of aromatic nitrogens is 1. The number of allylic oxidation sites excluding steroid dienone is 4. The van der Waals surface area contributed by atoms with Crippen molar-refractivity contribution in [1.29, 1.82) is 0 Å². The summed E-state index contributed by atoms with van der Waals surface area (Å²) in [5.74, 6) is 1.93. The second-order valence-electron chi connectivity index (χ2n) is 10.9. The van der Waals surface area contributed by atoms with Crippen LogP contribution in [0.4, 0.5) is 5.69 Å². The van der Waals surface area contributed by atoms with Gasteiger partial charge in [-0.3, -0.25) is 0 Å². The molecule has 0 saturated heterocycles. The number of benzene rings is 2. The van der Waals surface area contributed by atoms with Crippen molar-refractivity contribution in [2.24, 2.45) is 5.41 Å². The lowest BCUT2D eigenvalue weighted by Gasteiger charge is -2.30. The minimum absolute atomic E-state index is 0.206. The van der Waals surface area contributed by atoms with Gasteiger partial charge in [0.25, 0.3) is 5.01 Å². The third-order valence-corrected chi connectivity index (χ3v) is 8.21. The summed E-state index contributed by atoms with van der Waals surface area (Å²) < 4.78 is 10.3. The molecule has 0 spiro atoms. The smallest absolute Gasteiger partial charge is 0.263 e. The molecule has 0 unspecified atom stereocenters. The zero-order valence-electron chi connectivity index (χ0n) is 22.2. The van der Waals surface area contributed by atoms with Crippen LogP contribution in [0, 0.1) is 5.41 Å². The average molecular weight is 500 g/mol. The van der Waals surface area contributed by atoms with E-state index in [9.17, 15) is 0 Å². The summed E-state index contributed by atoms with van der Waals surface area (Å²) in [6, 6.07) is 17.2. The SMILES string of the molecule is CCCCN1/C(=C/C2=CC(=C/c3sc4ccccc4[n+]3CCCC)/CC(C)(C)C2)Oc2ccccc21. The van der Waals surface area contributed by atoms with Gasteiger partial charge in [-0.05, 0) is 54.0 Å². The van der Waals surface area contributed by atoms with Gasteiger partial charge in [-0.1, -0.05) is 82.2 Å². The van der Waals surface area contributed by atoms with Crippen LogP contribution >= 0.6 is 11.3 Å². The Labute approximate surface area is 220 Å². The molecule has 0 N–H and O–H groups in total. The van der Waals surface area contributed by atoms with Crippen molar-refractivity contribution in [3.8, 4) is 5.75 Å². The summed E-state index contributed by atoms with van der Waals surface area (Å²) in [6.45, 7) is 11.4. The van der Waals surface area contributed by atoms with Crippen molar-refractivity contribution in [1.82, 2.24) is 0 Å². The van der Waals surface area contributed by atoms with Crippen molar-refractivity contribution >= 4 is 33.3 Å². The Hall–Kier alpha value is -2.85. The zero-order valence-corrected chi connectivity index (χ0v) is 23.0. The summed E-state index contributed by atoms with van der Waals surface area (Å²) in [5.41, 5.74) is 5.50. The van der Waals surface area contributed by atoms with E-state index in [1.54, 1.807) is 0 Å². The summed E-state index contributed by atoms with van der Waals surface area (Å²) in [7, 11) is 0. The largest absolute Gasteiger partial charge is 0.439 e. The van der Waals surface area contributed by atoms with Crippen LogP contribution in [0.25, 0.3) is 16.3 Å². The molecule has 4 heteroatoms. The van der Waals surface area contributed by atoms with Gasteiger partial charge in [0.15, 0.2) is 12.3 Å². The highest BCUT2D eigenvalue weighted by molar-refractivity contribution is 7.18. The average Bonchev–Trinajstić information content (AvgIpc) is 3.37. The number of thiazole rings is 1. The quantitative estimate of drug-likeness (QED) is 0.288. The van der Waals surface area contributed by atoms with Crippen molar-refractivity contribution in [2.45, 2.75) is 72.8 Å². The van der Waals surface area contributed by atoms with E-state index in [2.05, 4.69) is 104 Å². The Balaban J connectivity index is 1.52. The highest BCUT2D eigenvalue weighted by Gasteiger charge is 2.30. The fourth-order valence-corrected chi connectivity index (χ4v) is 6.59. The fraction of sp³-hybridized carbons (Fsp3) is 0.406. The number of rotatable bonds is 8. The molecule has 0 atom stereocenters. The topological polar surface area (TPSA) is 16.4 Å². The van der Waals surface area contributed by atoms with E-state index in [4.69, 9.17) is 4.74 Å². The number of para-hydroxylation sites is 3. The van der Waals surface area contributed by atoms with E-state index in [1.165, 1.54) is 51.3 Å². The van der Waals surface area contributed by atoms with E-state index < -0.39 is 0 Å². The number of anilines is 1. The van der Waals surface area contributed by atoms with Crippen molar-refractivity contribution in [3.63, 3.8) is 0 Å². The van der Waals surface area contributed by atoms with Crippen LogP contribution in [0.15, 0.2) is 77.7 Å². The molecule has 0 saturated carbocycles. The number of hydrogen-bond donors (Lipinski definition) is 0. The van der Waals surface area contributed by atoms with E-state index in [-0.39, 0.29) is 5.41 Å².